The van der Waals surface area contributed by atoms with Crippen molar-refractivity contribution in [2.45, 2.75) is 91.0 Å². The molecule has 6 heteroatoms. The lowest BCUT2D eigenvalue weighted by molar-refractivity contribution is -0.140. The fourth-order valence-electron chi connectivity index (χ4n) is 5.11. The molecule has 5 nitrogen and oxygen atoms in total. The molecule has 1 aliphatic carbocycles. The van der Waals surface area contributed by atoms with E-state index in [2.05, 4.69) is 45.1 Å². The molecule has 1 atom stereocenters. The fraction of sp³-hybridized carbons (Fsp3) is 0.643. The molecule has 3 rings (SSSR count). The van der Waals surface area contributed by atoms with E-state index in [0.29, 0.717) is 25.3 Å². The molecule has 1 saturated carbocycles. The Morgan fingerprint density at radius 2 is 1.94 bits per heavy atom. The van der Waals surface area contributed by atoms with Gasteiger partial charge < -0.3 is 15.0 Å². The number of hydrogen-bond acceptors (Lipinski definition) is 3. The van der Waals surface area contributed by atoms with Crippen LogP contribution in [0.4, 0.5) is 4.79 Å². The number of rotatable bonds is 8. The van der Waals surface area contributed by atoms with Crippen LogP contribution in [0.3, 0.4) is 0 Å². The molecular formula is C28H41ClN2O3. The van der Waals surface area contributed by atoms with Gasteiger partial charge in [-0.2, -0.15) is 0 Å². The molecule has 0 saturated heterocycles. The molecule has 1 fully saturated rings. The highest BCUT2D eigenvalue weighted by molar-refractivity contribution is 6.31. The number of hydrogen-bond donors (Lipinski definition) is 1. The summed E-state index contributed by atoms with van der Waals surface area (Å²) < 4.78 is 4.74. The number of methoxy groups -OCH3 is 1. The third-order valence-corrected chi connectivity index (χ3v) is 7.67. The third kappa shape index (κ3) is 6.56. The SMILES string of the molecule is COC(=O)CCCN1C=C(C2CCCCC2)[C@](C)(c2ccc(CCC(C)(C)C)c(Cl)c2)NC1=O. The highest BCUT2D eigenvalue weighted by atomic mass is 35.5. The first-order chi connectivity index (χ1) is 16.0. The van der Waals surface area contributed by atoms with Gasteiger partial charge in [-0.05, 0) is 73.1 Å². The Labute approximate surface area is 210 Å². The van der Waals surface area contributed by atoms with E-state index in [-0.39, 0.29) is 17.4 Å². The summed E-state index contributed by atoms with van der Waals surface area (Å²) in [4.78, 5) is 26.4. The maximum absolute atomic E-state index is 13.1. The Morgan fingerprint density at radius 1 is 1.24 bits per heavy atom. The first kappa shape index (κ1) is 26.6. The molecule has 188 valence electrons. The van der Waals surface area contributed by atoms with Gasteiger partial charge in [-0.25, -0.2) is 4.79 Å². The van der Waals surface area contributed by atoms with Gasteiger partial charge in [-0.15, -0.1) is 0 Å². The van der Waals surface area contributed by atoms with E-state index in [0.717, 1.165) is 41.8 Å². The van der Waals surface area contributed by atoms with Crippen molar-refractivity contribution in [3.05, 3.63) is 46.1 Å². The largest absolute Gasteiger partial charge is 0.469 e. The molecule has 0 aromatic heterocycles. The van der Waals surface area contributed by atoms with E-state index >= 15 is 0 Å². The Kier molecular flexibility index (Phi) is 8.72. The van der Waals surface area contributed by atoms with Gasteiger partial charge in [-0.3, -0.25) is 4.79 Å². The summed E-state index contributed by atoms with van der Waals surface area (Å²) in [6.07, 6.45) is 10.9. The van der Waals surface area contributed by atoms with Crippen LogP contribution in [0.25, 0.3) is 0 Å². The molecule has 2 amide bonds. The van der Waals surface area contributed by atoms with Crippen molar-refractivity contribution in [1.82, 2.24) is 10.2 Å². The van der Waals surface area contributed by atoms with Crippen LogP contribution in [0.5, 0.6) is 0 Å². The number of nitrogens with one attached hydrogen (secondary N) is 1. The van der Waals surface area contributed by atoms with Crippen molar-refractivity contribution in [3.8, 4) is 0 Å². The number of ether oxygens (including phenoxy) is 1. The average Bonchev–Trinajstić information content (AvgIpc) is 2.79. The molecule has 1 aromatic carbocycles. The number of urea groups is 1. The molecule has 2 aliphatic rings. The molecule has 0 spiro atoms. The number of carbonyl (C=O) groups is 2. The molecule has 0 bridgehead atoms. The standard InChI is InChI=1S/C28H41ClN2O3/c1-27(2,3)16-15-21-13-14-22(18-24(21)29)28(4)23(20-10-7-6-8-11-20)19-31(26(33)30-28)17-9-12-25(32)34-5/h13-14,18-20H,6-12,15-17H2,1-5H3,(H,30,33)/t28-/m0/s1. The van der Waals surface area contributed by atoms with Crippen molar-refractivity contribution in [3.63, 3.8) is 0 Å². The number of aryl methyl sites for hydroxylation is 1. The van der Waals surface area contributed by atoms with Gasteiger partial charge in [0, 0.05) is 24.2 Å². The number of nitrogens with zero attached hydrogens (tertiary/aromatic N) is 1. The molecule has 0 radical (unpaired) electrons. The normalized spacial score (nSPS) is 21.8. The minimum absolute atomic E-state index is 0.139. The Balaban J connectivity index is 1.89. The highest BCUT2D eigenvalue weighted by Crippen LogP contribution is 2.43. The van der Waals surface area contributed by atoms with Crippen LogP contribution in [0, 0.1) is 11.3 Å². The van der Waals surface area contributed by atoms with Crippen LogP contribution in [-0.4, -0.2) is 30.6 Å². The smallest absolute Gasteiger partial charge is 0.322 e. The van der Waals surface area contributed by atoms with Crippen molar-refractivity contribution >= 4 is 23.6 Å². The second-order valence-corrected chi connectivity index (χ2v) is 11.6. The number of esters is 1. The summed E-state index contributed by atoms with van der Waals surface area (Å²) in [5.41, 5.74) is 3.06. The second-order valence-electron chi connectivity index (χ2n) is 11.2. The van der Waals surface area contributed by atoms with Gasteiger partial charge in [0.1, 0.15) is 0 Å². The molecule has 1 aliphatic heterocycles. The van der Waals surface area contributed by atoms with Gasteiger partial charge in [0.2, 0.25) is 0 Å². The minimum atomic E-state index is -0.607. The van der Waals surface area contributed by atoms with Crippen molar-refractivity contribution in [1.29, 1.82) is 0 Å². The van der Waals surface area contributed by atoms with E-state index in [4.69, 9.17) is 16.3 Å². The Hall–Kier alpha value is -2.01. The second kappa shape index (κ2) is 11.2. The monoisotopic (exact) mass is 488 g/mol. The van der Waals surface area contributed by atoms with Gasteiger partial charge in [0.05, 0.1) is 12.6 Å². The number of carbonyl (C=O) groups excluding carboxylic acids is 2. The zero-order chi connectivity index (χ0) is 24.9. The molecule has 34 heavy (non-hydrogen) atoms. The van der Waals surface area contributed by atoms with Crippen molar-refractivity contribution in [2.75, 3.05) is 13.7 Å². The van der Waals surface area contributed by atoms with E-state index < -0.39 is 5.54 Å². The fourth-order valence-corrected chi connectivity index (χ4v) is 5.39. The maximum atomic E-state index is 13.1. The van der Waals surface area contributed by atoms with Gasteiger partial charge in [-0.1, -0.05) is 63.8 Å². The van der Waals surface area contributed by atoms with Crippen LogP contribution in [0.2, 0.25) is 5.02 Å². The van der Waals surface area contributed by atoms with E-state index in [9.17, 15) is 9.59 Å². The first-order valence-corrected chi connectivity index (χ1v) is 13.1. The molecule has 1 heterocycles. The van der Waals surface area contributed by atoms with Crippen LogP contribution in [-0.2, 0) is 21.5 Å². The highest BCUT2D eigenvalue weighted by Gasteiger charge is 2.42. The lowest BCUT2D eigenvalue weighted by Crippen LogP contribution is -2.55. The lowest BCUT2D eigenvalue weighted by atomic mass is 9.72. The summed E-state index contributed by atoms with van der Waals surface area (Å²) in [6.45, 7) is 9.32. The predicted octanol–water partition coefficient (Wildman–Crippen LogP) is 6.98. The summed E-state index contributed by atoms with van der Waals surface area (Å²) >= 11 is 6.76. The van der Waals surface area contributed by atoms with E-state index in [1.54, 1.807) is 4.90 Å². The number of amides is 2. The van der Waals surface area contributed by atoms with Crippen LogP contribution in [0.15, 0.2) is 30.0 Å². The van der Waals surface area contributed by atoms with E-state index in [1.807, 2.05) is 12.3 Å². The third-order valence-electron chi connectivity index (χ3n) is 7.32. The quantitative estimate of drug-likeness (QED) is 0.401. The van der Waals surface area contributed by atoms with Crippen LogP contribution >= 0.6 is 11.6 Å². The minimum Gasteiger partial charge on any atom is -0.469 e. The molecule has 0 unspecified atom stereocenters. The maximum Gasteiger partial charge on any atom is 0.322 e. The van der Waals surface area contributed by atoms with Crippen LogP contribution < -0.4 is 5.32 Å². The topological polar surface area (TPSA) is 58.6 Å². The average molecular weight is 489 g/mol. The van der Waals surface area contributed by atoms with Crippen LogP contribution in [0.1, 0.15) is 90.2 Å². The molecule has 1 N–H and O–H groups in total. The predicted molar refractivity (Wildman–Crippen MR) is 138 cm³/mol. The first-order valence-electron chi connectivity index (χ1n) is 12.7. The summed E-state index contributed by atoms with van der Waals surface area (Å²) in [5, 5.41) is 4.07. The number of halogens is 1. The number of benzene rings is 1. The van der Waals surface area contributed by atoms with Gasteiger partial charge in [0.15, 0.2) is 0 Å². The van der Waals surface area contributed by atoms with Gasteiger partial charge >= 0.3 is 12.0 Å². The Bertz CT molecular complexity index is 915. The molecule has 1 aromatic rings. The molecular weight excluding hydrogens is 448 g/mol. The zero-order valence-electron chi connectivity index (χ0n) is 21.5. The lowest BCUT2D eigenvalue weighted by Gasteiger charge is -2.44. The van der Waals surface area contributed by atoms with Crippen molar-refractivity contribution < 1.29 is 14.3 Å². The Morgan fingerprint density at radius 3 is 2.56 bits per heavy atom. The van der Waals surface area contributed by atoms with Crippen molar-refractivity contribution in [2.24, 2.45) is 11.3 Å². The van der Waals surface area contributed by atoms with Gasteiger partial charge in [0.25, 0.3) is 0 Å². The summed E-state index contributed by atoms with van der Waals surface area (Å²) in [7, 11) is 1.39. The van der Waals surface area contributed by atoms with E-state index in [1.165, 1.54) is 31.9 Å². The summed E-state index contributed by atoms with van der Waals surface area (Å²) in [6, 6.07) is 6.17. The zero-order valence-corrected chi connectivity index (χ0v) is 22.3. The summed E-state index contributed by atoms with van der Waals surface area (Å²) in [5.74, 6) is 0.168.